The fourth-order valence-electron chi connectivity index (χ4n) is 2.11. The van der Waals surface area contributed by atoms with Crippen molar-refractivity contribution in [2.75, 3.05) is 14.2 Å². The Morgan fingerprint density at radius 2 is 1.88 bits per heavy atom. The zero-order valence-corrected chi connectivity index (χ0v) is 18.6. The third-order valence-corrected chi connectivity index (χ3v) is 4.85. The van der Waals surface area contributed by atoms with Crippen molar-refractivity contribution in [1.29, 1.82) is 0 Å². The van der Waals surface area contributed by atoms with Crippen molar-refractivity contribution >= 4 is 39.6 Å². The molecule has 0 unspecified atom stereocenters. The third-order valence-electron chi connectivity index (χ3n) is 3.61. The lowest BCUT2D eigenvalue weighted by atomic mass is 10.1. The van der Waals surface area contributed by atoms with Crippen LogP contribution in [0.3, 0.4) is 0 Å². The van der Waals surface area contributed by atoms with Gasteiger partial charge in [-0.2, -0.15) is 13.5 Å². The zero-order valence-electron chi connectivity index (χ0n) is 17.0. The van der Waals surface area contributed by atoms with Gasteiger partial charge in [-0.3, -0.25) is 19.9 Å². The van der Waals surface area contributed by atoms with Crippen molar-refractivity contribution in [3.63, 3.8) is 0 Å². The van der Waals surface area contributed by atoms with E-state index in [1.165, 1.54) is 26.4 Å². The van der Waals surface area contributed by atoms with Crippen molar-refractivity contribution in [2.24, 2.45) is 15.9 Å². The number of hydroxylamine groups is 1. The average molecular weight is 490 g/mol. The molecular weight excluding hydrogens is 470 g/mol. The van der Waals surface area contributed by atoms with Crippen molar-refractivity contribution in [3.8, 4) is 11.5 Å². The van der Waals surface area contributed by atoms with Gasteiger partial charge in [0.25, 0.3) is 15.8 Å². The Labute approximate surface area is 188 Å². The first-order chi connectivity index (χ1) is 15.0. The van der Waals surface area contributed by atoms with Gasteiger partial charge in [0.15, 0.2) is 11.5 Å². The first-order valence-electron chi connectivity index (χ1n) is 8.35. The van der Waals surface area contributed by atoms with E-state index < -0.39 is 21.0 Å². The number of benzene rings is 2. The Kier molecular flexibility index (Phi) is 9.80. The molecule has 0 aliphatic carbocycles. The molecule has 32 heavy (non-hydrogen) atoms. The predicted octanol–water partition coefficient (Wildman–Crippen LogP) is 2.13. The van der Waals surface area contributed by atoms with Crippen LogP contribution in [0.1, 0.15) is 11.1 Å². The lowest BCUT2D eigenvalue weighted by molar-refractivity contribution is -0.385. The quantitative estimate of drug-likeness (QED) is 0.153. The molecular formula is C17H20ClN5O8S. The molecule has 0 atom stereocenters. The largest absolute Gasteiger partial charge is 0.493 e. The summed E-state index contributed by atoms with van der Waals surface area (Å²) >= 11 is 6.05. The second-order valence-corrected chi connectivity index (χ2v) is 7.55. The molecule has 0 radical (unpaired) electrons. The number of hydrogen-bond donors (Lipinski definition) is 4. The molecule has 13 nitrogen and oxygen atoms in total. The summed E-state index contributed by atoms with van der Waals surface area (Å²) in [5.74, 6) is -0.180. The Morgan fingerprint density at radius 1 is 1.28 bits per heavy atom. The molecule has 0 bridgehead atoms. The number of rotatable bonds is 6. The molecule has 5 N–H and O–H groups in total. The number of halogens is 1. The summed E-state index contributed by atoms with van der Waals surface area (Å²) in [5, 5.41) is 26.2. The van der Waals surface area contributed by atoms with Gasteiger partial charge in [0.05, 0.1) is 41.9 Å². The highest BCUT2D eigenvalue weighted by molar-refractivity contribution is 7.85. The first kappa shape index (κ1) is 26.6. The highest BCUT2D eigenvalue weighted by atomic mass is 35.5. The summed E-state index contributed by atoms with van der Waals surface area (Å²) in [6, 6.07) is 7.13. The van der Waals surface area contributed by atoms with Crippen LogP contribution in [0.15, 0.2) is 45.4 Å². The number of nitrogens with zero attached hydrogens (tertiary/aromatic N) is 3. The van der Waals surface area contributed by atoms with E-state index in [4.69, 9.17) is 36.6 Å². The average Bonchev–Trinajstić information content (AvgIpc) is 2.74. The molecule has 0 aliphatic rings. The number of nitrogens with one attached hydrogen (secondary N) is 1. The summed E-state index contributed by atoms with van der Waals surface area (Å²) in [7, 11) is -1.36. The summed E-state index contributed by atoms with van der Waals surface area (Å²) in [6.07, 6.45) is 1.01. The topological polar surface area (TPSA) is 199 Å². The van der Waals surface area contributed by atoms with E-state index in [2.05, 4.69) is 10.2 Å². The van der Waals surface area contributed by atoms with Gasteiger partial charge < -0.3 is 15.2 Å². The van der Waals surface area contributed by atoms with Crippen LogP contribution in [-0.2, 0) is 10.1 Å². The van der Waals surface area contributed by atoms with Crippen molar-refractivity contribution in [3.05, 3.63) is 56.6 Å². The molecule has 0 saturated carbocycles. The van der Waals surface area contributed by atoms with Crippen molar-refractivity contribution in [2.45, 2.75) is 11.8 Å². The number of methoxy groups -OCH3 is 2. The molecule has 2 rings (SSSR count). The Balaban J connectivity index is 0.000000389. The lowest BCUT2D eigenvalue weighted by Crippen LogP contribution is -2.27. The summed E-state index contributed by atoms with van der Waals surface area (Å²) in [6.45, 7) is 1.84. The number of guanidine groups is 1. The van der Waals surface area contributed by atoms with Gasteiger partial charge in [-0.25, -0.2) is 5.48 Å². The van der Waals surface area contributed by atoms with Crippen LogP contribution in [0.5, 0.6) is 11.5 Å². The minimum Gasteiger partial charge on any atom is -0.493 e. The van der Waals surface area contributed by atoms with Gasteiger partial charge in [-0.15, -0.1) is 5.10 Å². The van der Waals surface area contributed by atoms with Crippen LogP contribution in [0.25, 0.3) is 0 Å². The van der Waals surface area contributed by atoms with E-state index in [0.29, 0.717) is 0 Å². The fraction of sp³-hybridized carbons (Fsp3) is 0.176. The lowest BCUT2D eigenvalue weighted by Gasteiger charge is -2.11. The third kappa shape index (κ3) is 7.35. The maximum absolute atomic E-state index is 11.1. The van der Waals surface area contributed by atoms with E-state index in [1.54, 1.807) is 17.6 Å². The van der Waals surface area contributed by atoms with Crippen LogP contribution in [0.2, 0.25) is 5.02 Å². The molecule has 0 spiro atoms. The molecule has 0 saturated heterocycles. The second kappa shape index (κ2) is 11.8. The van der Waals surface area contributed by atoms with Crippen molar-refractivity contribution < 1.29 is 32.6 Å². The minimum absolute atomic E-state index is 0.0474. The van der Waals surface area contributed by atoms with Crippen LogP contribution in [0.4, 0.5) is 5.69 Å². The number of aryl methyl sites for hydroxylation is 1. The first-order valence-corrected chi connectivity index (χ1v) is 10.2. The number of ether oxygens (including phenoxy) is 2. The van der Waals surface area contributed by atoms with Crippen LogP contribution < -0.4 is 20.7 Å². The van der Waals surface area contributed by atoms with E-state index in [9.17, 15) is 18.5 Å². The molecule has 0 amide bonds. The highest BCUT2D eigenvalue weighted by Gasteiger charge is 2.24. The Hall–Kier alpha value is -3.46. The van der Waals surface area contributed by atoms with Crippen LogP contribution in [0, 0.1) is 17.0 Å². The van der Waals surface area contributed by atoms with Crippen LogP contribution >= 0.6 is 11.6 Å². The smallest absolute Gasteiger partial charge is 0.294 e. The van der Waals surface area contributed by atoms with E-state index in [0.717, 1.165) is 17.8 Å². The Bertz CT molecular complexity index is 1120. The van der Waals surface area contributed by atoms with Crippen LogP contribution in [-0.4, -0.2) is 49.5 Å². The zero-order chi connectivity index (χ0) is 24.5. The molecule has 174 valence electrons. The molecule has 2 aromatic carbocycles. The summed E-state index contributed by atoms with van der Waals surface area (Å²) in [4.78, 5) is 10.3. The second-order valence-electron chi connectivity index (χ2n) is 5.75. The molecule has 0 aliphatic heterocycles. The molecule has 0 aromatic heterocycles. The van der Waals surface area contributed by atoms with E-state index in [-0.39, 0.29) is 32.7 Å². The number of nitro groups is 1. The molecule has 15 heteroatoms. The molecule has 2 aromatic rings. The van der Waals surface area contributed by atoms with E-state index in [1.807, 2.05) is 6.92 Å². The predicted molar refractivity (Wildman–Crippen MR) is 116 cm³/mol. The maximum atomic E-state index is 11.1. The standard InChI is InChI=1S/C10H12ClN5O5.C7H8O3S/c1-20-7-3-6(16(18)19)5(8(11)9(7)21-2)4-13-14-10(12)15-17;1-6-2-4-7(5-3-6)11(8,9)10/h3-4,17H,1-2H3,(H3,12,14,15);2-5H,1H3,(H,8,9,10). The minimum atomic E-state index is -4.02. The summed E-state index contributed by atoms with van der Waals surface area (Å²) < 4.78 is 39.6. The number of hydrogen-bond acceptors (Lipinski definition) is 9. The van der Waals surface area contributed by atoms with Gasteiger partial charge in [0.1, 0.15) is 5.02 Å². The van der Waals surface area contributed by atoms with Gasteiger partial charge in [0.2, 0.25) is 5.96 Å². The Morgan fingerprint density at radius 3 is 2.31 bits per heavy atom. The van der Waals surface area contributed by atoms with Gasteiger partial charge in [-0.05, 0) is 19.1 Å². The van der Waals surface area contributed by atoms with Gasteiger partial charge >= 0.3 is 0 Å². The monoisotopic (exact) mass is 489 g/mol. The normalized spacial score (nSPS) is 11.5. The molecule has 0 heterocycles. The number of nitrogens with two attached hydrogens (primary N) is 1. The summed E-state index contributed by atoms with van der Waals surface area (Å²) in [5.41, 5.74) is 7.24. The fourth-order valence-corrected chi connectivity index (χ4v) is 2.90. The maximum Gasteiger partial charge on any atom is 0.294 e. The van der Waals surface area contributed by atoms with Gasteiger partial charge in [0, 0.05) is 0 Å². The van der Waals surface area contributed by atoms with Crippen molar-refractivity contribution in [1.82, 2.24) is 5.48 Å². The highest BCUT2D eigenvalue weighted by Crippen LogP contribution is 2.41. The SMILES string of the molecule is COc1cc([N+](=O)[O-])c(C=NN=C(N)NO)c(Cl)c1OC.Cc1ccc(S(=O)(=O)O)cc1. The van der Waals surface area contributed by atoms with E-state index >= 15 is 0 Å². The number of nitro benzene ring substituents is 1. The molecule has 0 fully saturated rings. The van der Waals surface area contributed by atoms with Gasteiger partial charge in [-0.1, -0.05) is 29.3 Å².